The minimum Gasteiger partial charge on any atom is -0.390 e. The number of fused-ring (bicyclic) bond motifs is 5. The van der Waals surface area contributed by atoms with Crippen molar-refractivity contribution in [3.63, 3.8) is 0 Å². The van der Waals surface area contributed by atoms with Gasteiger partial charge in [-0.05, 0) is 124 Å². The van der Waals surface area contributed by atoms with E-state index in [2.05, 4.69) is 27.7 Å². The molecule has 0 saturated heterocycles. The zero-order chi connectivity index (χ0) is 27.2. The lowest BCUT2D eigenvalue weighted by atomic mass is 9.44. The van der Waals surface area contributed by atoms with Gasteiger partial charge in [0.05, 0.1) is 22.7 Å². The van der Waals surface area contributed by atoms with E-state index in [1.165, 1.54) is 57.8 Å². The molecule has 0 aromatic heterocycles. The first-order chi connectivity index (χ1) is 17.3. The fourth-order valence-corrected chi connectivity index (χ4v) is 12.6. The molecule has 0 aromatic carbocycles. The molecule has 0 aliphatic heterocycles. The summed E-state index contributed by atoms with van der Waals surface area (Å²) in [5, 5.41) is 20.8. The van der Waals surface area contributed by atoms with Crippen LogP contribution in [0.1, 0.15) is 131 Å². The third-order valence-electron chi connectivity index (χ3n) is 12.6. The number of rotatable bonds is 10. The van der Waals surface area contributed by atoms with E-state index in [1.807, 2.05) is 0 Å². The largest absolute Gasteiger partial charge is 0.390 e. The zero-order valence-corrected chi connectivity index (χ0v) is 25.7. The molecule has 4 nitrogen and oxygen atoms in total. The maximum Gasteiger partial charge on any atom is 0.153 e. The average molecular weight is 539 g/mol. The molecule has 2 N–H and O–H groups in total. The highest BCUT2D eigenvalue weighted by atomic mass is 32.2. The average Bonchev–Trinajstić information content (AvgIpc) is 3.18. The van der Waals surface area contributed by atoms with E-state index in [0.717, 1.165) is 37.0 Å². The van der Waals surface area contributed by atoms with E-state index in [4.69, 9.17) is 0 Å². The first-order valence-corrected chi connectivity index (χ1v) is 17.6. The lowest BCUT2D eigenvalue weighted by Crippen LogP contribution is -2.53. The summed E-state index contributed by atoms with van der Waals surface area (Å²) < 4.78 is 27.5. The minimum absolute atomic E-state index is 0.00298. The zero-order valence-electron chi connectivity index (χ0n) is 24.8. The Balaban J connectivity index is 1.57. The smallest absolute Gasteiger partial charge is 0.153 e. The molecule has 4 aliphatic carbocycles. The van der Waals surface area contributed by atoms with Crippen molar-refractivity contribution in [2.24, 2.45) is 46.3 Å². The Bertz CT molecular complexity index is 878. The van der Waals surface area contributed by atoms with E-state index in [-0.39, 0.29) is 23.5 Å². The van der Waals surface area contributed by atoms with Gasteiger partial charge in [0.1, 0.15) is 0 Å². The summed E-state index contributed by atoms with van der Waals surface area (Å²) in [6.45, 7) is 12.6. The molecular formula is C32H58O4S. The van der Waals surface area contributed by atoms with Crippen LogP contribution in [0.25, 0.3) is 0 Å². The van der Waals surface area contributed by atoms with Crippen molar-refractivity contribution in [3.8, 4) is 0 Å². The molecular weight excluding hydrogens is 480 g/mol. The van der Waals surface area contributed by atoms with Crippen LogP contribution in [0.2, 0.25) is 0 Å². The van der Waals surface area contributed by atoms with E-state index in [9.17, 15) is 18.6 Å². The molecule has 0 amide bonds. The normalized spacial score (nSPS) is 40.8. The summed E-state index contributed by atoms with van der Waals surface area (Å²) in [7, 11) is -3.37. The van der Waals surface area contributed by atoms with Crippen molar-refractivity contribution >= 4 is 9.84 Å². The van der Waals surface area contributed by atoms with Gasteiger partial charge in [0, 0.05) is 0 Å². The Labute approximate surface area is 228 Å². The Morgan fingerprint density at radius 3 is 2.30 bits per heavy atom. The van der Waals surface area contributed by atoms with Crippen LogP contribution < -0.4 is 0 Å². The maximum absolute atomic E-state index is 13.8. The molecule has 0 bridgehead atoms. The van der Waals surface area contributed by atoms with E-state index >= 15 is 0 Å². The van der Waals surface area contributed by atoms with Crippen molar-refractivity contribution in [2.75, 3.05) is 5.75 Å². The Hall–Kier alpha value is -0.130. The molecule has 4 rings (SSSR count). The number of hydrogen-bond acceptors (Lipinski definition) is 4. The maximum atomic E-state index is 13.8. The molecule has 0 heterocycles. The molecule has 216 valence electrons. The van der Waals surface area contributed by atoms with Crippen LogP contribution in [0.4, 0.5) is 0 Å². The summed E-state index contributed by atoms with van der Waals surface area (Å²) in [5.74, 6) is 3.85. The van der Waals surface area contributed by atoms with Gasteiger partial charge in [-0.15, -0.1) is 0 Å². The van der Waals surface area contributed by atoms with Gasteiger partial charge in [0.25, 0.3) is 0 Å². The monoisotopic (exact) mass is 538 g/mol. The standard InChI is InChI=1S/C32H58O4S/c1-7-8-11-20-37(35,36)28(21-29(33)30(3,4)34)22(2)25-15-16-26-24-14-13-23-12-9-10-18-31(23,5)27(24)17-19-32(25,26)6/h22-29,33-34H,7-21H2,1-6H3/t22-,23?,24-,25+,26-,27-,28?,29?,31-,32+/m0/s1. The van der Waals surface area contributed by atoms with Crippen LogP contribution in [-0.4, -0.2) is 41.3 Å². The summed E-state index contributed by atoms with van der Waals surface area (Å²) >= 11 is 0. The second-order valence-electron chi connectivity index (χ2n) is 15.0. The third-order valence-corrected chi connectivity index (χ3v) is 15.0. The molecule has 3 unspecified atom stereocenters. The molecule has 5 heteroatoms. The summed E-state index contributed by atoms with van der Waals surface area (Å²) in [6, 6.07) is 0. The van der Waals surface area contributed by atoms with Crippen molar-refractivity contribution in [1.29, 1.82) is 0 Å². The van der Waals surface area contributed by atoms with Gasteiger partial charge >= 0.3 is 0 Å². The van der Waals surface area contributed by atoms with Gasteiger partial charge in [0.2, 0.25) is 0 Å². The lowest BCUT2D eigenvalue weighted by molar-refractivity contribution is -0.114. The summed E-state index contributed by atoms with van der Waals surface area (Å²) in [4.78, 5) is 0. The summed E-state index contributed by atoms with van der Waals surface area (Å²) in [5.41, 5.74) is -0.589. The quantitative estimate of drug-likeness (QED) is 0.289. The minimum atomic E-state index is -3.37. The third kappa shape index (κ3) is 5.58. The Kier molecular flexibility index (Phi) is 8.90. The van der Waals surface area contributed by atoms with Crippen molar-refractivity contribution in [3.05, 3.63) is 0 Å². The van der Waals surface area contributed by atoms with Crippen LogP contribution in [-0.2, 0) is 9.84 Å². The van der Waals surface area contributed by atoms with Gasteiger partial charge in [0.15, 0.2) is 9.84 Å². The SMILES string of the molecule is CCCCCS(=O)(=O)C(CC(O)C(C)(C)O)[C@@H](C)[C@H]1CC[C@H]2[C@@H]3CCC4CCCC[C@]4(C)[C@H]3CC[C@]12C. The van der Waals surface area contributed by atoms with Gasteiger partial charge < -0.3 is 10.2 Å². The topological polar surface area (TPSA) is 74.6 Å². The first kappa shape index (κ1) is 29.8. The molecule has 0 radical (unpaired) electrons. The predicted octanol–water partition coefficient (Wildman–Crippen LogP) is 7.17. The van der Waals surface area contributed by atoms with E-state index in [0.29, 0.717) is 23.7 Å². The second-order valence-corrected chi connectivity index (χ2v) is 17.3. The number of aliphatic hydroxyl groups is 2. The molecule has 4 saturated carbocycles. The summed E-state index contributed by atoms with van der Waals surface area (Å²) in [6.07, 6.45) is 15.0. The van der Waals surface area contributed by atoms with Crippen LogP contribution in [0.15, 0.2) is 0 Å². The van der Waals surface area contributed by atoms with Crippen LogP contribution in [0.5, 0.6) is 0 Å². The second kappa shape index (κ2) is 11.0. The fraction of sp³-hybridized carbons (Fsp3) is 1.00. The van der Waals surface area contributed by atoms with E-state index < -0.39 is 26.8 Å². The van der Waals surface area contributed by atoms with Crippen molar-refractivity contribution in [2.45, 2.75) is 148 Å². The highest BCUT2D eigenvalue weighted by Gasteiger charge is 2.61. The molecule has 0 spiro atoms. The highest BCUT2D eigenvalue weighted by molar-refractivity contribution is 7.92. The van der Waals surface area contributed by atoms with Gasteiger partial charge in [-0.1, -0.05) is 53.4 Å². The predicted molar refractivity (Wildman–Crippen MR) is 153 cm³/mol. The number of unbranched alkanes of at least 4 members (excludes halogenated alkanes) is 2. The molecule has 4 fully saturated rings. The highest BCUT2D eigenvalue weighted by Crippen LogP contribution is 2.68. The molecule has 10 atom stereocenters. The van der Waals surface area contributed by atoms with Crippen LogP contribution >= 0.6 is 0 Å². The van der Waals surface area contributed by atoms with Gasteiger partial charge in [-0.25, -0.2) is 8.42 Å². The van der Waals surface area contributed by atoms with Gasteiger partial charge in [-0.3, -0.25) is 0 Å². The molecule has 37 heavy (non-hydrogen) atoms. The number of hydrogen-bond donors (Lipinski definition) is 2. The Morgan fingerprint density at radius 1 is 0.919 bits per heavy atom. The Morgan fingerprint density at radius 2 is 1.62 bits per heavy atom. The number of aliphatic hydroxyl groups excluding tert-OH is 1. The van der Waals surface area contributed by atoms with Crippen molar-refractivity contribution < 1.29 is 18.6 Å². The van der Waals surface area contributed by atoms with Crippen molar-refractivity contribution in [1.82, 2.24) is 0 Å². The van der Waals surface area contributed by atoms with Crippen LogP contribution in [0, 0.1) is 46.3 Å². The lowest BCUT2D eigenvalue weighted by Gasteiger charge is -2.61. The fourth-order valence-electron chi connectivity index (χ4n) is 10.4. The molecule has 4 aliphatic rings. The van der Waals surface area contributed by atoms with Gasteiger partial charge in [-0.2, -0.15) is 0 Å². The van der Waals surface area contributed by atoms with Crippen LogP contribution in [0.3, 0.4) is 0 Å². The number of sulfone groups is 1. The first-order valence-electron chi connectivity index (χ1n) is 15.9. The van der Waals surface area contributed by atoms with E-state index in [1.54, 1.807) is 13.8 Å². The molecule has 0 aromatic rings.